The van der Waals surface area contributed by atoms with E-state index in [4.69, 9.17) is 0 Å². The number of carbonyl (C=O) groups excluding carboxylic acids is 2. The number of anilines is 1. The van der Waals surface area contributed by atoms with Gasteiger partial charge in [0.1, 0.15) is 0 Å². The highest BCUT2D eigenvalue weighted by Gasteiger charge is 2.19. The van der Waals surface area contributed by atoms with E-state index >= 15 is 0 Å². The summed E-state index contributed by atoms with van der Waals surface area (Å²) in [7, 11) is 4.02. The number of likely N-dealkylation sites (N-methyl/N-ethyl adjacent to an activating group) is 1. The molecule has 0 aromatic heterocycles. The van der Waals surface area contributed by atoms with Crippen LogP contribution >= 0.6 is 11.8 Å². The second-order valence-corrected chi connectivity index (χ2v) is 7.85. The Labute approximate surface area is 164 Å². The zero-order valence-electron chi connectivity index (χ0n) is 15.9. The monoisotopic (exact) mass is 383 g/mol. The molecule has 3 rings (SSSR count). The summed E-state index contributed by atoms with van der Waals surface area (Å²) in [4.78, 5) is 27.3. The van der Waals surface area contributed by atoms with Crippen LogP contribution in [0.1, 0.15) is 34.5 Å². The van der Waals surface area contributed by atoms with Gasteiger partial charge in [0.2, 0.25) is 5.91 Å². The second kappa shape index (κ2) is 8.59. The number of amides is 2. The number of hydrogen-bond donors (Lipinski definition) is 2. The molecule has 1 aliphatic rings. The van der Waals surface area contributed by atoms with Gasteiger partial charge in [-0.1, -0.05) is 31.2 Å². The SMILES string of the molecule is CCc1ccc([C@H](CNC(=O)c2ccc3c(c2)NC(=O)CS3)N(C)C)cc1. The van der Waals surface area contributed by atoms with E-state index in [2.05, 4.69) is 46.7 Å². The number of rotatable bonds is 6. The molecule has 6 heteroatoms. The highest BCUT2D eigenvalue weighted by atomic mass is 32.2. The molecular formula is C21H25N3O2S. The predicted octanol–water partition coefficient (Wildman–Crippen LogP) is 3.33. The van der Waals surface area contributed by atoms with E-state index in [0.29, 0.717) is 23.5 Å². The van der Waals surface area contributed by atoms with Crippen molar-refractivity contribution in [3.8, 4) is 0 Å². The molecule has 0 fully saturated rings. The van der Waals surface area contributed by atoms with Gasteiger partial charge in [-0.25, -0.2) is 0 Å². The lowest BCUT2D eigenvalue weighted by Gasteiger charge is -2.25. The lowest BCUT2D eigenvalue weighted by atomic mass is 10.0. The number of carbonyl (C=O) groups is 2. The number of thioether (sulfide) groups is 1. The Morgan fingerprint density at radius 3 is 2.63 bits per heavy atom. The standard InChI is InChI=1S/C21H25N3O2S/c1-4-14-5-7-15(8-6-14)18(24(2)3)12-22-21(26)16-9-10-19-17(11-16)23-20(25)13-27-19/h5-11,18H,4,12-13H2,1-3H3,(H,22,26)(H,23,25)/t18-/m0/s1. The van der Waals surface area contributed by atoms with Gasteiger partial charge >= 0.3 is 0 Å². The van der Waals surface area contributed by atoms with Gasteiger partial charge in [-0.05, 0) is 49.8 Å². The van der Waals surface area contributed by atoms with Crippen molar-refractivity contribution in [3.63, 3.8) is 0 Å². The van der Waals surface area contributed by atoms with Crippen molar-refractivity contribution in [1.29, 1.82) is 0 Å². The van der Waals surface area contributed by atoms with E-state index in [9.17, 15) is 9.59 Å². The van der Waals surface area contributed by atoms with Crippen molar-refractivity contribution < 1.29 is 9.59 Å². The van der Waals surface area contributed by atoms with E-state index in [1.54, 1.807) is 12.1 Å². The molecule has 1 heterocycles. The summed E-state index contributed by atoms with van der Waals surface area (Å²) in [6, 6.07) is 14.1. The number of hydrogen-bond acceptors (Lipinski definition) is 4. The Morgan fingerprint density at radius 1 is 1.22 bits per heavy atom. The lowest BCUT2D eigenvalue weighted by molar-refractivity contribution is -0.113. The molecule has 0 saturated heterocycles. The van der Waals surface area contributed by atoms with Crippen LogP contribution in [0.15, 0.2) is 47.4 Å². The maximum atomic E-state index is 12.6. The molecule has 0 bridgehead atoms. The molecule has 0 saturated carbocycles. The molecule has 1 aliphatic heterocycles. The van der Waals surface area contributed by atoms with Gasteiger partial charge in [-0.2, -0.15) is 0 Å². The average Bonchev–Trinajstić information content (AvgIpc) is 2.67. The van der Waals surface area contributed by atoms with Crippen molar-refractivity contribution in [2.75, 3.05) is 31.7 Å². The minimum atomic E-state index is -0.139. The summed E-state index contributed by atoms with van der Waals surface area (Å²) >= 11 is 1.49. The smallest absolute Gasteiger partial charge is 0.251 e. The first-order valence-corrected chi connectivity index (χ1v) is 10.1. The van der Waals surface area contributed by atoms with Crippen LogP contribution in [0, 0.1) is 0 Å². The molecule has 1 atom stereocenters. The third kappa shape index (κ3) is 4.70. The fourth-order valence-corrected chi connectivity index (χ4v) is 3.88. The molecule has 2 amide bonds. The van der Waals surface area contributed by atoms with Crippen LogP contribution in [0.5, 0.6) is 0 Å². The van der Waals surface area contributed by atoms with Crippen LogP contribution in [-0.4, -0.2) is 43.1 Å². The predicted molar refractivity (Wildman–Crippen MR) is 110 cm³/mol. The number of benzene rings is 2. The Kier molecular flexibility index (Phi) is 6.19. The van der Waals surface area contributed by atoms with Crippen LogP contribution in [0.25, 0.3) is 0 Å². The first-order valence-electron chi connectivity index (χ1n) is 9.08. The maximum absolute atomic E-state index is 12.6. The third-order valence-electron chi connectivity index (χ3n) is 4.73. The fourth-order valence-electron chi connectivity index (χ4n) is 3.09. The number of nitrogens with zero attached hydrogens (tertiary/aromatic N) is 1. The molecule has 2 aromatic rings. The Bertz CT molecular complexity index is 834. The molecule has 0 aliphatic carbocycles. The molecule has 2 N–H and O–H groups in total. The topological polar surface area (TPSA) is 61.4 Å². The first-order chi connectivity index (χ1) is 13.0. The average molecular weight is 384 g/mol. The van der Waals surface area contributed by atoms with Gasteiger partial charge in [-0.15, -0.1) is 11.8 Å². The molecule has 0 spiro atoms. The molecule has 27 heavy (non-hydrogen) atoms. The largest absolute Gasteiger partial charge is 0.350 e. The fraction of sp³-hybridized carbons (Fsp3) is 0.333. The molecule has 5 nitrogen and oxygen atoms in total. The minimum absolute atomic E-state index is 0.0340. The Morgan fingerprint density at radius 2 is 1.96 bits per heavy atom. The first kappa shape index (κ1) is 19.5. The summed E-state index contributed by atoms with van der Waals surface area (Å²) in [5.74, 6) is 0.243. The van der Waals surface area contributed by atoms with Crippen LogP contribution in [0.3, 0.4) is 0 Å². The van der Waals surface area contributed by atoms with Gasteiger partial charge in [-0.3, -0.25) is 9.59 Å². The van der Waals surface area contributed by atoms with E-state index in [1.807, 2.05) is 20.2 Å². The maximum Gasteiger partial charge on any atom is 0.251 e. The second-order valence-electron chi connectivity index (χ2n) is 6.83. The number of aryl methyl sites for hydroxylation is 1. The van der Waals surface area contributed by atoms with E-state index < -0.39 is 0 Å². The number of fused-ring (bicyclic) bond motifs is 1. The molecule has 142 valence electrons. The summed E-state index contributed by atoms with van der Waals surface area (Å²) < 4.78 is 0. The normalized spacial score (nSPS) is 14.4. The highest BCUT2D eigenvalue weighted by molar-refractivity contribution is 8.00. The van der Waals surface area contributed by atoms with Crippen LogP contribution in [0.4, 0.5) is 5.69 Å². The quantitative estimate of drug-likeness (QED) is 0.803. The van der Waals surface area contributed by atoms with Crippen molar-refractivity contribution in [1.82, 2.24) is 10.2 Å². The summed E-state index contributed by atoms with van der Waals surface area (Å²) in [6.07, 6.45) is 1.01. The van der Waals surface area contributed by atoms with Crippen molar-refractivity contribution >= 4 is 29.3 Å². The van der Waals surface area contributed by atoms with Gasteiger partial charge in [0.15, 0.2) is 0 Å². The molecule has 2 aromatic carbocycles. The Balaban J connectivity index is 1.69. The van der Waals surface area contributed by atoms with Crippen LogP contribution in [0.2, 0.25) is 0 Å². The van der Waals surface area contributed by atoms with Gasteiger partial charge < -0.3 is 15.5 Å². The number of nitrogens with one attached hydrogen (secondary N) is 2. The Hall–Kier alpha value is -2.31. The third-order valence-corrected chi connectivity index (χ3v) is 5.80. The van der Waals surface area contributed by atoms with Crippen LogP contribution < -0.4 is 10.6 Å². The molecular weight excluding hydrogens is 358 g/mol. The van der Waals surface area contributed by atoms with E-state index in [0.717, 1.165) is 11.3 Å². The van der Waals surface area contributed by atoms with Gasteiger partial charge in [0.25, 0.3) is 5.91 Å². The van der Waals surface area contributed by atoms with Crippen molar-refractivity contribution in [2.24, 2.45) is 0 Å². The van der Waals surface area contributed by atoms with Crippen molar-refractivity contribution in [3.05, 3.63) is 59.2 Å². The zero-order valence-corrected chi connectivity index (χ0v) is 16.7. The summed E-state index contributed by atoms with van der Waals surface area (Å²) in [5.41, 5.74) is 3.74. The summed E-state index contributed by atoms with van der Waals surface area (Å²) in [6.45, 7) is 2.65. The minimum Gasteiger partial charge on any atom is -0.350 e. The summed E-state index contributed by atoms with van der Waals surface area (Å²) in [5, 5.41) is 5.85. The molecule has 0 unspecified atom stereocenters. The van der Waals surface area contributed by atoms with Crippen molar-refractivity contribution in [2.45, 2.75) is 24.3 Å². The van der Waals surface area contributed by atoms with Crippen LogP contribution in [-0.2, 0) is 11.2 Å². The van der Waals surface area contributed by atoms with Gasteiger partial charge in [0.05, 0.1) is 17.5 Å². The van der Waals surface area contributed by atoms with Gasteiger partial charge in [0, 0.05) is 17.0 Å². The highest BCUT2D eigenvalue weighted by Crippen LogP contribution is 2.32. The lowest BCUT2D eigenvalue weighted by Crippen LogP contribution is -2.34. The van der Waals surface area contributed by atoms with E-state index in [1.165, 1.54) is 22.9 Å². The molecule has 0 radical (unpaired) electrons. The van der Waals surface area contributed by atoms with E-state index in [-0.39, 0.29) is 17.9 Å². The zero-order chi connectivity index (χ0) is 19.4.